The summed E-state index contributed by atoms with van der Waals surface area (Å²) in [5.74, 6) is 0. The minimum Gasteiger partial charge on any atom is -0.389 e. The van der Waals surface area contributed by atoms with Crippen molar-refractivity contribution in [3.63, 3.8) is 0 Å². The molecule has 0 radical (unpaired) electrons. The van der Waals surface area contributed by atoms with Crippen LogP contribution in [0.1, 0.15) is 11.8 Å². The molecule has 1 rings (SSSR count). The van der Waals surface area contributed by atoms with E-state index in [4.69, 9.17) is 5.11 Å². The molecule has 13 heavy (non-hydrogen) atoms. The molecule has 1 atom stereocenters. The van der Waals surface area contributed by atoms with Gasteiger partial charge in [0.15, 0.2) is 0 Å². The van der Waals surface area contributed by atoms with Gasteiger partial charge in [-0.15, -0.1) is 0 Å². The fourth-order valence-corrected chi connectivity index (χ4v) is 1.50. The van der Waals surface area contributed by atoms with Gasteiger partial charge in [-0.1, -0.05) is 17.4 Å². The Balaban J connectivity index is 2.75. The molecule has 0 saturated carbocycles. The number of aliphatic hydroxyl groups is 1. The first-order valence-corrected chi connectivity index (χ1v) is 4.52. The van der Waals surface area contributed by atoms with E-state index in [1.807, 2.05) is 0 Å². The normalized spacial score (nSPS) is 13.4. The second-order valence-corrected chi connectivity index (χ2v) is 3.63. The molecule has 1 N–H and O–H groups in total. The Kier molecular flexibility index (Phi) is 3.16. The van der Waals surface area contributed by atoms with Gasteiger partial charge in [0, 0.05) is 10.9 Å². The van der Waals surface area contributed by atoms with Gasteiger partial charge in [-0.25, -0.2) is 0 Å². The van der Waals surface area contributed by atoms with Crippen LogP contribution < -0.4 is 0 Å². The number of thiophene rings is 1. The summed E-state index contributed by atoms with van der Waals surface area (Å²) in [5.41, 5.74) is 0. The summed E-state index contributed by atoms with van der Waals surface area (Å²) >= 11 is 1.09. The molecule has 0 aliphatic heterocycles. The molecule has 0 aromatic carbocycles. The van der Waals surface area contributed by atoms with Crippen LogP contribution in [0.15, 0.2) is 18.2 Å². The van der Waals surface area contributed by atoms with Gasteiger partial charge in [-0.05, 0) is 19.1 Å². The van der Waals surface area contributed by atoms with Crippen LogP contribution in [0.25, 0.3) is 6.08 Å². The number of hydrogen-bond acceptors (Lipinski definition) is 4. The fraction of sp³-hybridized carbons (Fsp3) is 0.250. The van der Waals surface area contributed by atoms with Crippen LogP contribution in [0, 0.1) is 10.1 Å². The molecule has 1 unspecified atom stereocenters. The Morgan fingerprint density at radius 3 is 2.85 bits per heavy atom. The SMILES string of the molecule is CC(O)/C=C/c1ccc([N+](=O)[O-])s1. The smallest absolute Gasteiger partial charge is 0.324 e. The zero-order valence-corrected chi connectivity index (χ0v) is 7.82. The minimum absolute atomic E-state index is 0.116. The molecule has 4 nitrogen and oxygen atoms in total. The topological polar surface area (TPSA) is 63.4 Å². The molecule has 1 heterocycles. The summed E-state index contributed by atoms with van der Waals surface area (Å²) in [4.78, 5) is 10.6. The third kappa shape index (κ3) is 2.96. The average molecular weight is 199 g/mol. The van der Waals surface area contributed by atoms with E-state index in [2.05, 4.69) is 0 Å². The van der Waals surface area contributed by atoms with Crippen molar-refractivity contribution in [2.45, 2.75) is 13.0 Å². The predicted molar refractivity (Wildman–Crippen MR) is 51.7 cm³/mol. The van der Waals surface area contributed by atoms with Gasteiger partial charge >= 0.3 is 5.00 Å². The third-order valence-corrected chi connectivity index (χ3v) is 2.33. The molecular formula is C8H9NO3S. The van der Waals surface area contributed by atoms with Gasteiger partial charge in [0.2, 0.25) is 0 Å². The molecule has 0 fully saturated rings. The van der Waals surface area contributed by atoms with Crippen LogP contribution in [-0.2, 0) is 0 Å². The van der Waals surface area contributed by atoms with E-state index in [0.717, 1.165) is 16.2 Å². The zero-order chi connectivity index (χ0) is 9.84. The standard InChI is InChI=1S/C8H9NO3S/c1-6(10)2-3-7-4-5-8(13-7)9(11)12/h2-6,10H,1H3/b3-2+. The molecule has 70 valence electrons. The van der Waals surface area contributed by atoms with Crippen molar-refractivity contribution in [3.05, 3.63) is 33.2 Å². The molecule has 5 heteroatoms. The van der Waals surface area contributed by atoms with Crippen molar-refractivity contribution in [1.29, 1.82) is 0 Å². The van der Waals surface area contributed by atoms with Crippen LogP contribution in [0.4, 0.5) is 5.00 Å². The van der Waals surface area contributed by atoms with Crippen molar-refractivity contribution in [1.82, 2.24) is 0 Å². The van der Waals surface area contributed by atoms with Gasteiger partial charge in [-0.3, -0.25) is 10.1 Å². The minimum atomic E-state index is -0.527. The van der Waals surface area contributed by atoms with E-state index in [1.165, 1.54) is 6.07 Å². The van der Waals surface area contributed by atoms with Gasteiger partial charge in [0.05, 0.1) is 11.0 Å². The van der Waals surface area contributed by atoms with Crippen molar-refractivity contribution >= 4 is 22.4 Å². The lowest BCUT2D eigenvalue weighted by Crippen LogP contribution is -1.90. The third-order valence-electron chi connectivity index (χ3n) is 1.33. The largest absolute Gasteiger partial charge is 0.389 e. The van der Waals surface area contributed by atoms with E-state index >= 15 is 0 Å². The predicted octanol–water partition coefficient (Wildman–Crippen LogP) is 2.05. The Hall–Kier alpha value is -1.20. The average Bonchev–Trinajstić information content (AvgIpc) is 2.48. The van der Waals surface area contributed by atoms with Gasteiger partial charge < -0.3 is 5.11 Å². The monoisotopic (exact) mass is 199 g/mol. The summed E-state index contributed by atoms with van der Waals surface area (Å²) < 4.78 is 0. The van der Waals surface area contributed by atoms with E-state index < -0.39 is 11.0 Å². The van der Waals surface area contributed by atoms with Crippen LogP contribution in [0.5, 0.6) is 0 Å². The van der Waals surface area contributed by atoms with E-state index in [-0.39, 0.29) is 5.00 Å². The summed E-state index contributed by atoms with van der Waals surface area (Å²) in [5, 5.41) is 19.3. The molecule has 0 saturated heterocycles. The van der Waals surface area contributed by atoms with Crippen LogP contribution >= 0.6 is 11.3 Å². The molecular weight excluding hydrogens is 190 g/mol. The lowest BCUT2D eigenvalue weighted by atomic mass is 10.3. The summed E-state index contributed by atoms with van der Waals surface area (Å²) in [7, 11) is 0. The summed E-state index contributed by atoms with van der Waals surface area (Å²) in [6.45, 7) is 1.62. The summed E-state index contributed by atoms with van der Waals surface area (Å²) in [6.07, 6.45) is 2.72. The van der Waals surface area contributed by atoms with Gasteiger partial charge in [0.25, 0.3) is 0 Å². The van der Waals surface area contributed by atoms with Crippen molar-refractivity contribution in [3.8, 4) is 0 Å². The second-order valence-electron chi connectivity index (χ2n) is 2.53. The lowest BCUT2D eigenvalue weighted by molar-refractivity contribution is -0.380. The maximum atomic E-state index is 10.3. The molecule has 1 aromatic heterocycles. The first kappa shape index (κ1) is 9.88. The molecule has 1 aromatic rings. The highest BCUT2D eigenvalue weighted by Crippen LogP contribution is 2.24. The Morgan fingerprint density at radius 1 is 1.69 bits per heavy atom. The quantitative estimate of drug-likeness (QED) is 0.598. The number of nitrogens with zero attached hydrogens (tertiary/aromatic N) is 1. The maximum absolute atomic E-state index is 10.3. The Bertz CT molecular complexity index is 330. The van der Waals surface area contributed by atoms with E-state index in [0.29, 0.717) is 0 Å². The number of rotatable bonds is 3. The molecule has 0 amide bonds. The van der Waals surface area contributed by atoms with E-state index in [9.17, 15) is 10.1 Å². The molecule has 0 spiro atoms. The number of nitro groups is 1. The Labute approximate surface area is 79.3 Å². The zero-order valence-electron chi connectivity index (χ0n) is 7.01. The van der Waals surface area contributed by atoms with Crippen LogP contribution in [0.2, 0.25) is 0 Å². The highest BCUT2D eigenvalue weighted by Gasteiger charge is 2.07. The second kappa shape index (κ2) is 4.15. The highest BCUT2D eigenvalue weighted by atomic mass is 32.1. The van der Waals surface area contributed by atoms with Gasteiger partial charge in [-0.2, -0.15) is 0 Å². The van der Waals surface area contributed by atoms with Crippen LogP contribution in [0.3, 0.4) is 0 Å². The molecule has 0 aliphatic rings. The van der Waals surface area contributed by atoms with Gasteiger partial charge in [0.1, 0.15) is 0 Å². The lowest BCUT2D eigenvalue weighted by Gasteiger charge is -1.90. The number of aliphatic hydroxyl groups excluding tert-OH is 1. The van der Waals surface area contributed by atoms with Crippen LogP contribution in [-0.4, -0.2) is 16.1 Å². The highest BCUT2D eigenvalue weighted by molar-refractivity contribution is 7.16. The van der Waals surface area contributed by atoms with E-state index in [1.54, 1.807) is 25.1 Å². The van der Waals surface area contributed by atoms with Crippen molar-refractivity contribution < 1.29 is 10.0 Å². The number of hydrogen-bond donors (Lipinski definition) is 1. The first-order chi connectivity index (χ1) is 6.09. The maximum Gasteiger partial charge on any atom is 0.324 e. The molecule has 0 aliphatic carbocycles. The fourth-order valence-electron chi connectivity index (χ4n) is 0.764. The Morgan fingerprint density at radius 2 is 2.38 bits per heavy atom. The van der Waals surface area contributed by atoms with Crippen molar-refractivity contribution in [2.24, 2.45) is 0 Å². The first-order valence-electron chi connectivity index (χ1n) is 3.70. The molecule has 0 bridgehead atoms. The summed E-state index contributed by atoms with van der Waals surface area (Å²) in [6, 6.07) is 3.11. The van der Waals surface area contributed by atoms with Crippen molar-refractivity contribution in [2.75, 3.05) is 0 Å².